The van der Waals surface area contributed by atoms with E-state index in [1.165, 1.54) is 6.33 Å². The van der Waals surface area contributed by atoms with Crippen molar-refractivity contribution in [2.75, 3.05) is 19.8 Å². The quantitative estimate of drug-likeness (QED) is 0.535. The van der Waals surface area contributed by atoms with Crippen LogP contribution in [0.5, 0.6) is 0 Å². The number of hydrogen-bond donors (Lipinski definition) is 0. The molecule has 0 radical (unpaired) electrons. The van der Waals surface area contributed by atoms with Gasteiger partial charge >= 0.3 is 5.97 Å². The minimum Gasteiger partial charge on any atom is -0.463 e. The smallest absolute Gasteiger partial charge is 0.310 e. The molecule has 0 N–H and O–H groups in total. The molecule has 0 aliphatic carbocycles. The Hall–Kier alpha value is -1.73. The monoisotopic (exact) mass is 353 g/mol. The predicted octanol–water partition coefficient (Wildman–Crippen LogP) is 1.84. The first kappa shape index (κ1) is 15.7. The molecule has 21 heavy (non-hydrogen) atoms. The maximum atomic E-state index is 11.6. The van der Waals surface area contributed by atoms with Crippen molar-refractivity contribution in [1.82, 2.24) is 14.8 Å². The molecule has 0 unspecified atom stereocenters. The second kappa shape index (κ2) is 8.53. The second-order valence-electron chi connectivity index (χ2n) is 4.30. The van der Waals surface area contributed by atoms with E-state index < -0.39 is 0 Å². The summed E-state index contributed by atoms with van der Waals surface area (Å²) in [6, 6.07) is 7.59. The molecule has 1 heterocycles. The van der Waals surface area contributed by atoms with Gasteiger partial charge in [0.05, 0.1) is 26.2 Å². The van der Waals surface area contributed by atoms with Crippen LogP contribution >= 0.6 is 15.9 Å². The van der Waals surface area contributed by atoms with Gasteiger partial charge in [-0.15, -0.1) is 0 Å². The Morgan fingerprint density at radius 2 is 2.19 bits per heavy atom. The fourth-order valence-corrected chi connectivity index (χ4v) is 2.13. The van der Waals surface area contributed by atoms with Gasteiger partial charge in [0.15, 0.2) is 0 Å². The second-order valence-corrected chi connectivity index (χ2v) is 5.21. The Morgan fingerprint density at radius 1 is 1.29 bits per heavy atom. The summed E-state index contributed by atoms with van der Waals surface area (Å²) in [5, 5.41) is 3.95. The zero-order valence-electron chi connectivity index (χ0n) is 11.4. The van der Waals surface area contributed by atoms with Crippen molar-refractivity contribution < 1.29 is 14.3 Å². The molecule has 6 nitrogen and oxygen atoms in total. The molecule has 1 aromatic heterocycles. The van der Waals surface area contributed by atoms with Gasteiger partial charge in [0, 0.05) is 4.47 Å². The van der Waals surface area contributed by atoms with Crippen molar-refractivity contribution in [3.05, 3.63) is 47.0 Å². The zero-order chi connectivity index (χ0) is 14.9. The Bertz CT molecular complexity index is 560. The van der Waals surface area contributed by atoms with Gasteiger partial charge in [0.2, 0.25) is 0 Å². The Labute approximate surface area is 131 Å². The lowest BCUT2D eigenvalue weighted by Crippen LogP contribution is -2.14. The third-order valence-corrected chi connectivity index (χ3v) is 3.15. The van der Waals surface area contributed by atoms with Crippen LogP contribution in [0, 0.1) is 0 Å². The molecule has 7 heteroatoms. The van der Waals surface area contributed by atoms with Gasteiger partial charge in [-0.3, -0.25) is 9.48 Å². The maximum Gasteiger partial charge on any atom is 0.310 e. The van der Waals surface area contributed by atoms with E-state index in [9.17, 15) is 4.79 Å². The van der Waals surface area contributed by atoms with E-state index in [-0.39, 0.29) is 19.0 Å². The molecular formula is C14H16BrN3O3. The number of aromatic nitrogens is 3. The third-order valence-electron chi connectivity index (χ3n) is 2.66. The van der Waals surface area contributed by atoms with Crippen LogP contribution in [0.4, 0.5) is 0 Å². The first-order chi connectivity index (χ1) is 10.2. The Morgan fingerprint density at radius 3 is 2.95 bits per heavy atom. The minimum atomic E-state index is -0.257. The van der Waals surface area contributed by atoms with Crippen molar-refractivity contribution in [2.45, 2.75) is 13.0 Å². The summed E-state index contributed by atoms with van der Waals surface area (Å²) in [5.74, 6) is -0.257. The van der Waals surface area contributed by atoms with Gasteiger partial charge in [-0.05, 0) is 17.7 Å². The standard InChI is InChI=1S/C14H16BrN3O3/c15-13-3-1-2-12(8-13)9-14(19)21-7-6-20-5-4-18-11-16-10-17-18/h1-3,8,10-11H,4-7,9H2. The zero-order valence-corrected chi connectivity index (χ0v) is 13.0. The molecule has 0 bridgehead atoms. The number of rotatable bonds is 8. The van der Waals surface area contributed by atoms with Gasteiger partial charge in [-0.1, -0.05) is 28.1 Å². The molecule has 2 rings (SSSR count). The minimum absolute atomic E-state index is 0.254. The van der Waals surface area contributed by atoms with Crippen molar-refractivity contribution in [3.63, 3.8) is 0 Å². The summed E-state index contributed by atoms with van der Waals surface area (Å²) >= 11 is 3.37. The van der Waals surface area contributed by atoms with Crippen molar-refractivity contribution >= 4 is 21.9 Å². The highest BCUT2D eigenvalue weighted by atomic mass is 79.9. The normalized spacial score (nSPS) is 10.5. The number of halogens is 1. The van der Waals surface area contributed by atoms with Gasteiger partial charge < -0.3 is 9.47 Å². The number of benzene rings is 1. The van der Waals surface area contributed by atoms with E-state index in [0.717, 1.165) is 10.0 Å². The third kappa shape index (κ3) is 6.05. The van der Waals surface area contributed by atoms with Gasteiger partial charge in [-0.25, -0.2) is 4.98 Å². The average Bonchev–Trinajstić information content (AvgIpc) is 2.96. The van der Waals surface area contributed by atoms with E-state index in [1.54, 1.807) is 11.0 Å². The number of carbonyl (C=O) groups excluding carboxylic acids is 1. The van der Waals surface area contributed by atoms with Crippen LogP contribution in [0.2, 0.25) is 0 Å². The number of hydrogen-bond acceptors (Lipinski definition) is 5. The summed E-state index contributed by atoms with van der Waals surface area (Å²) in [5.41, 5.74) is 0.918. The molecule has 1 aromatic carbocycles. The van der Waals surface area contributed by atoms with Crippen LogP contribution in [-0.2, 0) is 27.2 Å². The molecule has 0 spiro atoms. The molecule has 0 fully saturated rings. The van der Waals surface area contributed by atoms with Crippen LogP contribution in [0.25, 0.3) is 0 Å². The van der Waals surface area contributed by atoms with Crippen molar-refractivity contribution in [1.29, 1.82) is 0 Å². The molecule has 112 valence electrons. The van der Waals surface area contributed by atoms with Gasteiger partial charge in [0.25, 0.3) is 0 Å². The lowest BCUT2D eigenvalue weighted by atomic mass is 10.2. The van der Waals surface area contributed by atoms with Gasteiger partial charge in [-0.2, -0.15) is 5.10 Å². The maximum absolute atomic E-state index is 11.6. The Balaban J connectivity index is 1.55. The molecule has 2 aromatic rings. The van der Waals surface area contributed by atoms with E-state index in [2.05, 4.69) is 26.0 Å². The molecular weight excluding hydrogens is 338 g/mol. The average molecular weight is 354 g/mol. The van der Waals surface area contributed by atoms with E-state index in [1.807, 2.05) is 24.3 Å². The molecule has 0 amide bonds. The summed E-state index contributed by atoms with van der Waals surface area (Å²) in [6.07, 6.45) is 3.36. The molecule has 0 atom stereocenters. The van der Waals surface area contributed by atoms with E-state index >= 15 is 0 Å². The highest BCUT2D eigenvalue weighted by Crippen LogP contribution is 2.12. The van der Waals surface area contributed by atoms with Crippen LogP contribution < -0.4 is 0 Å². The molecule has 0 saturated carbocycles. The number of carbonyl (C=O) groups is 1. The fraction of sp³-hybridized carbons (Fsp3) is 0.357. The van der Waals surface area contributed by atoms with Crippen molar-refractivity contribution in [3.8, 4) is 0 Å². The van der Waals surface area contributed by atoms with Crippen LogP contribution in [-0.4, -0.2) is 40.6 Å². The molecule has 0 saturated heterocycles. The summed E-state index contributed by atoms with van der Waals surface area (Å²) in [6.45, 7) is 1.77. The van der Waals surface area contributed by atoms with Crippen LogP contribution in [0.15, 0.2) is 41.4 Å². The van der Waals surface area contributed by atoms with E-state index in [4.69, 9.17) is 9.47 Å². The first-order valence-electron chi connectivity index (χ1n) is 6.54. The summed E-state index contributed by atoms with van der Waals surface area (Å²) in [7, 11) is 0. The fourth-order valence-electron chi connectivity index (χ4n) is 1.69. The van der Waals surface area contributed by atoms with Crippen LogP contribution in [0.1, 0.15) is 5.56 Å². The topological polar surface area (TPSA) is 66.2 Å². The van der Waals surface area contributed by atoms with Crippen molar-refractivity contribution in [2.24, 2.45) is 0 Å². The molecule has 0 aliphatic heterocycles. The van der Waals surface area contributed by atoms with E-state index in [0.29, 0.717) is 19.8 Å². The highest BCUT2D eigenvalue weighted by molar-refractivity contribution is 9.10. The largest absolute Gasteiger partial charge is 0.463 e. The highest BCUT2D eigenvalue weighted by Gasteiger charge is 2.05. The summed E-state index contributed by atoms with van der Waals surface area (Å²) < 4.78 is 13.1. The lowest BCUT2D eigenvalue weighted by molar-refractivity contribution is -0.144. The molecule has 0 aliphatic rings. The number of nitrogens with zero attached hydrogens (tertiary/aromatic N) is 3. The number of ether oxygens (including phenoxy) is 2. The first-order valence-corrected chi connectivity index (χ1v) is 7.33. The lowest BCUT2D eigenvalue weighted by Gasteiger charge is -2.06. The summed E-state index contributed by atoms with van der Waals surface area (Å²) in [4.78, 5) is 15.5. The SMILES string of the molecule is O=C(Cc1cccc(Br)c1)OCCOCCn1cncn1. The van der Waals surface area contributed by atoms with Crippen LogP contribution in [0.3, 0.4) is 0 Å². The Kier molecular flexibility index (Phi) is 6.36. The van der Waals surface area contributed by atoms with Gasteiger partial charge in [0.1, 0.15) is 19.3 Å². The number of esters is 1. The predicted molar refractivity (Wildman–Crippen MR) is 79.6 cm³/mol.